The third-order valence-corrected chi connectivity index (χ3v) is 6.96. The maximum absolute atomic E-state index is 13.9. The zero-order valence-corrected chi connectivity index (χ0v) is 21.6. The van der Waals surface area contributed by atoms with E-state index < -0.39 is 35.1 Å². The first-order chi connectivity index (χ1) is 18.1. The number of para-hydroxylation sites is 1. The van der Waals surface area contributed by atoms with Crippen LogP contribution in [0.2, 0.25) is 0 Å². The predicted octanol–water partition coefficient (Wildman–Crippen LogP) is 3.06. The molecule has 1 spiro atoms. The minimum Gasteiger partial charge on any atom is -0.496 e. The van der Waals surface area contributed by atoms with Crippen LogP contribution < -0.4 is 15.4 Å². The minimum atomic E-state index is -1.39. The Kier molecular flexibility index (Phi) is 6.12. The van der Waals surface area contributed by atoms with Crippen LogP contribution in [-0.4, -0.2) is 59.1 Å². The monoisotopic (exact) mass is 515 g/mol. The molecule has 196 valence electrons. The maximum Gasteiger partial charge on any atom is 0.273 e. The summed E-state index contributed by atoms with van der Waals surface area (Å²) in [7, 11) is 1.55. The summed E-state index contributed by atoms with van der Waals surface area (Å²) in [5, 5.41) is 16.2. The predicted molar refractivity (Wildman–Crippen MR) is 139 cm³/mol. The van der Waals surface area contributed by atoms with Crippen LogP contribution in [0.1, 0.15) is 43.2 Å². The van der Waals surface area contributed by atoms with E-state index in [0.29, 0.717) is 17.0 Å². The number of nitrogens with one attached hydrogen (secondary N) is 3. The van der Waals surface area contributed by atoms with Crippen molar-refractivity contribution in [2.45, 2.75) is 50.5 Å². The Morgan fingerprint density at radius 2 is 1.97 bits per heavy atom. The summed E-state index contributed by atoms with van der Waals surface area (Å²) in [6.45, 7) is 5.29. The van der Waals surface area contributed by atoms with Gasteiger partial charge in [-0.3, -0.25) is 14.4 Å². The molecule has 0 aliphatic carbocycles. The highest BCUT2D eigenvalue weighted by Crippen LogP contribution is 2.46. The molecule has 0 radical (unpaired) electrons. The lowest BCUT2D eigenvalue weighted by Crippen LogP contribution is -2.54. The number of nitriles is 1. The minimum absolute atomic E-state index is 0.00360. The van der Waals surface area contributed by atoms with E-state index in [1.165, 1.54) is 4.90 Å². The van der Waals surface area contributed by atoms with E-state index in [-0.39, 0.29) is 24.6 Å². The number of H-pyrrole nitrogens is 1. The summed E-state index contributed by atoms with van der Waals surface area (Å²) in [5.41, 5.74) is 0.508. The normalized spacial score (nSPS) is 21.2. The summed E-state index contributed by atoms with van der Waals surface area (Å²) in [6.07, 6.45) is -1.24. The molecule has 2 aliphatic rings. The zero-order chi connectivity index (χ0) is 27.2. The molecule has 38 heavy (non-hydrogen) atoms. The van der Waals surface area contributed by atoms with Crippen LogP contribution >= 0.6 is 0 Å². The molecular weight excluding hydrogens is 486 g/mol. The van der Waals surface area contributed by atoms with Crippen LogP contribution in [0.3, 0.4) is 0 Å². The molecule has 3 atom stereocenters. The number of amides is 3. The highest BCUT2D eigenvalue weighted by molar-refractivity contribution is 6.07. The van der Waals surface area contributed by atoms with Gasteiger partial charge in [-0.1, -0.05) is 24.3 Å². The Hall–Kier alpha value is -4.36. The molecule has 3 N–H and O–H groups in total. The number of aromatic amines is 1. The summed E-state index contributed by atoms with van der Waals surface area (Å²) < 4.78 is 11.4. The number of aromatic nitrogens is 1. The van der Waals surface area contributed by atoms with Crippen molar-refractivity contribution in [1.82, 2.24) is 15.2 Å². The zero-order valence-electron chi connectivity index (χ0n) is 21.6. The molecule has 0 unspecified atom stereocenters. The number of anilines is 1. The molecule has 0 saturated carbocycles. The number of likely N-dealkylation sites (tertiary alicyclic amines) is 1. The van der Waals surface area contributed by atoms with Crippen molar-refractivity contribution in [3.63, 3.8) is 0 Å². The van der Waals surface area contributed by atoms with Gasteiger partial charge in [-0.25, -0.2) is 0 Å². The van der Waals surface area contributed by atoms with Gasteiger partial charge in [-0.05, 0) is 50.6 Å². The van der Waals surface area contributed by atoms with E-state index in [1.54, 1.807) is 52.1 Å². The summed E-state index contributed by atoms with van der Waals surface area (Å²) >= 11 is 0. The number of hydrogen-bond donors (Lipinski definition) is 3. The average molecular weight is 516 g/mol. The largest absolute Gasteiger partial charge is 0.496 e. The molecular formula is C28H29N5O5. The van der Waals surface area contributed by atoms with Gasteiger partial charge in [0.25, 0.3) is 11.8 Å². The molecule has 3 amide bonds. The van der Waals surface area contributed by atoms with Crippen molar-refractivity contribution in [1.29, 1.82) is 5.26 Å². The Labute approximate surface area is 219 Å². The Bertz CT molecular complexity index is 1480. The number of rotatable bonds is 5. The van der Waals surface area contributed by atoms with Crippen molar-refractivity contribution in [3.8, 4) is 11.8 Å². The fourth-order valence-corrected chi connectivity index (χ4v) is 5.26. The van der Waals surface area contributed by atoms with E-state index >= 15 is 0 Å². The second-order valence-corrected chi connectivity index (χ2v) is 10.6. The van der Waals surface area contributed by atoms with Gasteiger partial charge in [-0.15, -0.1) is 0 Å². The molecule has 5 rings (SSSR count). The van der Waals surface area contributed by atoms with Crippen LogP contribution in [0.4, 0.5) is 5.69 Å². The lowest BCUT2D eigenvalue weighted by Gasteiger charge is -2.31. The van der Waals surface area contributed by atoms with Crippen LogP contribution in [0.15, 0.2) is 48.5 Å². The van der Waals surface area contributed by atoms with E-state index in [1.807, 2.05) is 24.3 Å². The second kappa shape index (κ2) is 9.19. The van der Waals surface area contributed by atoms with Gasteiger partial charge in [0.2, 0.25) is 12.1 Å². The third-order valence-electron chi connectivity index (χ3n) is 6.96. The molecule has 2 aliphatic heterocycles. The number of carbonyl (C=O) groups is 3. The first kappa shape index (κ1) is 25.3. The highest BCUT2D eigenvalue weighted by Gasteiger charge is 2.56. The van der Waals surface area contributed by atoms with E-state index in [2.05, 4.69) is 21.7 Å². The number of benzene rings is 2. The Morgan fingerprint density at radius 3 is 2.68 bits per heavy atom. The van der Waals surface area contributed by atoms with Crippen molar-refractivity contribution in [2.75, 3.05) is 19.0 Å². The molecule has 10 heteroatoms. The fourth-order valence-electron chi connectivity index (χ4n) is 5.26. The molecule has 1 fully saturated rings. The van der Waals surface area contributed by atoms with Crippen LogP contribution in [0.5, 0.6) is 5.75 Å². The topological polar surface area (TPSA) is 137 Å². The standard InChI is InChI=1S/C28H29N5O5/c1-27(2,3)38-24(32-23(34)21-12-17-19(30-21)10-7-11-22(17)37-4)25(35)33-15-28(13-16(33)14-29)18-8-5-6-9-20(18)31-26(28)36/h5-12,16,24,30H,13,15H2,1-4H3,(H,31,36)(H,32,34)/t16-,24-,28-/m0/s1. The molecule has 2 aromatic carbocycles. The first-order valence-corrected chi connectivity index (χ1v) is 12.3. The van der Waals surface area contributed by atoms with Gasteiger partial charge >= 0.3 is 0 Å². The Morgan fingerprint density at radius 1 is 1.21 bits per heavy atom. The summed E-state index contributed by atoms with van der Waals surface area (Å²) in [6, 6.07) is 15.6. The summed E-state index contributed by atoms with van der Waals surface area (Å²) in [4.78, 5) is 44.6. The van der Waals surface area contributed by atoms with Gasteiger partial charge in [0.05, 0.1) is 24.2 Å². The van der Waals surface area contributed by atoms with Gasteiger partial charge < -0.3 is 30.0 Å². The molecule has 1 saturated heterocycles. The van der Waals surface area contributed by atoms with Gasteiger partial charge in [0, 0.05) is 29.6 Å². The van der Waals surface area contributed by atoms with Gasteiger partial charge in [0.15, 0.2) is 0 Å². The third kappa shape index (κ3) is 4.25. The molecule has 0 bridgehead atoms. The quantitative estimate of drug-likeness (QED) is 0.447. The Balaban J connectivity index is 1.44. The SMILES string of the molecule is COc1cccc2[nH]c(C(=O)N[C@@H](OC(C)(C)C)C(=O)N3C[C@]4(C[C@H]3C#N)C(=O)Nc3ccccc34)cc12. The second-order valence-electron chi connectivity index (χ2n) is 10.6. The molecule has 3 heterocycles. The number of carbonyl (C=O) groups excluding carboxylic acids is 3. The molecule has 1 aromatic heterocycles. The number of ether oxygens (including phenoxy) is 2. The maximum atomic E-state index is 13.9. The summed E-state index contributed by atoms with van der Waals surface area (Å²) in [5.74, 6) is -0.802. The smallest absolute Gasteiger partial charge is 0.273 e. The molecule has 10 nitrogen and oxygen atoms in total. The number of fused-ring (bicyclic) bond motifs is 3. The van der Waals surface area contributed by atoms with E-state index in [4.69, 9.17) is 9.47 Å². The lowest BCUT2D eigenvalue weighted by molar-refractivity contribution is -0.155. The van der Waals surface area contributed by atoms with Crippen LogP contribution in [0, 0.1) is 11.3 Å². The molecule has 3 aromatic rings. The average Bonchev–Trinajstić information content (AvgIpc) is 3.57. The number of nitrogens with zero attached hydrogens (tertiary/aromatic N) is 2. The van der Waals surface area contributed by atoms with Gasteiger partial charge in [-0.2, -0.15) is 5.26 Å². The van der Waals surface area contributed by atoms with Crippen molar-refractivity contribution in [3.05, 3.63) is 59.8 Å². The van der Waals surface area contributed by atoms with E-state index in [9.17, 15) is 19.6 Å². The van der Waals surface area contributed by atoms with Gasteiger partial charge in [0.1, 0.15) is 17.5 Å². The fraction of sp³-hybridized carbons (Fsp3) is 0.357. The van der Waals surface area contributed by atoms with Crippen molar-refractivity contribution in [2.24, 2.45) is 0 Å². The highest BCUT2D eigenvalue weighted by atomic mass is 16.5. The van der Waals surface area contributed by atoms with Crippen LogP contribution in [0.25, 0.3) is 10.9 Å². The number of methoxy groups -OCH3 is 1. The van der Waals surface area contributed by atoms with Crippen molar-refractivity contribution >= 4 is 34.3 Å². The van der Waals surface area contributed by atoms with E-state index in [0.717, 1.165) is 10.9 Å². The number of hydrogen-bond acceptors (Lipinski definition) is 6. The lowest BCUT2D eigenvalue weighted by atomic mass is 9.80. The van der Waals surface area contributed by atoms with Crippen LogP contribution in [-0.2, 0) is 19.7 Å². The van der Waals surface area contributed by atoms with Crippen molar-refractivity contribution < 1.29 is 23.9 Å². The first-order valence-electron chi connectivity index (χ1n) is 12.3.